The largest absolute Gasteiger partial charge is 0.420 e. The number of Topliss-reactive ketones (excluding diaryl/α,β-unsaturated/α-hetero) is 2. The van der Waals surface area contributed by atoms with Crippen LogP contribution in [0.2, 0.25) is 0 Å². The minimum atomic E-state index is -2.38. The number of carbonyl (C=O) groups excluding carboxylic acids is 10. The molecule has 2 aliphatic heterocycles. The van der Waals surface area contributed by atoms with Gasteiger partial charge in [-0.2, -0.15) is 8.78 Å². The Balaban J connectivity index is 1.19. The summed E-state index contributed by atoms with van der Waals surface area (Å²) in [7, 11) is 8.39. The quantitative estimate of drug-likeness (QED) is 0.00771. The minimum absolute atomic E-state index is 0.00561. The van der Waals surface area contributed by atoms with Crippen molar-refractivity contribution in [1.29, 1.82) is 0 Å². The summed E-state index contributed by atoms with van der Waals surface area (Å²) in [6.07, 6.45) is 1.20. The lowest BCUT2D eigenvalue weighted by Crippen LogP contribution is -2.59. The number of hydrogen-bond donors (Lipinski definition) is 6. The van der Waals surface area contributed by atoms with Gasteiger partial charge in [-0.15, -0.1) is 0 Å². The fourth-order valence-electron chi connectivity index (χ4n) is 14.5. The number of carbonyl (C=O) groups is 10. The molecule has 23 nitrogen and oxygen atoms in total. The van der Waals surface area contributed by atoms with Crippen molar-refractivity contribution in [2.24, 2.45) is 53.1 Å². The number of piperidine rings is 1. The summed E-state index contributed by atoms with van der Waals surface area (Å²) < 4.78 is 86.5. The summed E-state index contributed by atoms with van der Waals surface area (Å²) in [5.41, 5.74) is 7.17. The van der Waals surface area contributed by atoms with Gasteiger partial charge in [0.25, 0.3) is 0 Å². The molecule has 584 valence electrons. The van der Waals surface area contributed by atoms with E-state index >= 15 is 0 Å². The second-order valence-corrected chi connectivity index (χ2v) is 29.6. The first-order chi connectivity index (χ1) is 49.6. The summed E-state index contributed by atoms with van der Waals surface area (Å²) in [5, 5.41) is 14.2. The van der Waals surface area contributed by atoms with E-state index in [9.17, 15) is 69.9 Å². The number of hydrogen-bond acceptors (Lipinski definition) is 15. The number of urea groups is 1. The van der Waals surface area contributed by atoms with E-state index in [0.717, 1.165) is 5.56 Å². The molecule has 2 unspecified atom stereocenters. The Labute approximate surface area is 615 Å². The average molecular weight is 1480 g/mol. The Morgan fingerprint density at radius 1 is 0.667 bits per heavy atom. The molecule has 0 bridgehead atoms. The highest BCUT2D eigenvalue weighted by molar-refractivity contribution is 5.97. The molecule has 105 heavy (non-hydrogen) atoms. The van der Waals surface area contributed by atoms with Gasteiger partial charge in [0.1, 0.15) is 11.8 Å². The van der Waals surface area contributed by atoms with E-state index in [2.05, 4.69) is 31.3 Å². The first kappa shape index (κ1) is 87.7. The van der Waals surface area contributed by atoms with E-state index in [1.54, 1.807) is 68.8 Å². The topological polar surface area (TPSA) is 298 Å². The number of likely N-dealkylation sites (N-methyl/N-ethyl adjacent to an activating group) is 2. The van der Waals surface area contributed by atoms with E-state index in [4.69, 9.17) is 15.2 Å². The van der Waals surface area contributed by atoms with Crippen molar-refractivity contribution in [2.75, 3.05) is 66.9 Å². The zero-order valence-corrected chi connectivity index (χ0v) is 63.7. The van der Waals surface area contributed by atoms with E-state index in [1.165, 1.54) is 14.2 Å². The number of halogens is 5. The van der Waals surface area contributed by atoms with E-state index < -0.39 is 136 Å². The lowest BCUT2D eigenvalue weighted by molar-refractivity contribution is -0.148. The molecule has 3 aromatic rings. The summed E-state index contributed by atoms with van der Waals surface area (Å²) in [6.45, 7) is 20.0. The molecule has 2 saturated heterocycles. The van der Waals surface area contributed by atoms with Crippen molar-refractivity contribution < 1.29 is 84.1 Å². The van der Waals surface area contributed by atoms with Gasteiger partial charge in [0.2, 0.25) is 70.3 Å². The zero-order chi connectivity index (χ0) is 78.3. The van der Waals surface area contributed by atoms with Crippen molar-refractivity contribution in [3.63, 3.8) is 0 Å². The average Bonchev–Trinajstić information content (AvgIpc) is 1.15. The predicted octanol–water partition coefficient (Wildman–Crippen LogP) is 9.05. The molecule has 2 aliphatic rings. The van der Waals surface area contributed by atoms with Gasteiger partial charge in [-0.3, -0.25) is 48.1 Å². The standard InChI is InChI=1S/C77H113F5N10O13/c1-16-46(8)69(90(13)75(100)67(44(4)5)88-74(99)68(45(6)7)89(11)12)58(103-14)41-60(96)92-35-21-26-55(92)70(104-15)48(10)56(93)40-53(38-49-23-18-17-19-24-49)72(97)85-42-50-28-30-54(31-29-50)86-73(98)51(25-20-33-84-77(83)102)39-57(94)66(43(2)3)87-59(95)27-22-34-91-36-32-52(37-47(91)9)76(101)105-71-64(81)62(79)61(78)63(80)65(71)82/h17-19,23-24,28-31,43-48,51-53,55,58,66-70H,16,20-22,25-27,32-42H2,1-15H3,(H,85,97)(H,86,98)(H,87,95)(H,88,99)(H3,83,84,102)/t46-,47?,48-,51+,52?,53+,55-,58+,66-,67-,68-,69-,70+/m0/s1. The molecule has 3 aromatic carbocycles. The number of esters is 1. The number of ether oxygens (including phenoxy) is 3. The minimum Gasteiger partial charge on any atom is -0.420 e. The number of primary amides is 1. The second kappa shape index (κ2) is 41.8. The van der Waals surface area contributed by atoms with Crippen molar-refractivity contribution >= 4 is 64.7 Å². The number of anilines is 1. The number of ketones is 2. The molecule has 0 radical (unpaired) electrons. The summed E-state index contributed by atoms with van der Waals surface area (Å²) in [6, 6.07) is 11.6. The van der Waals surface area contributed by atoms with Crippen molar-refractivity contribution in [2.45, 2.75) is 208 Å². The van der Waals surface area contributed by atoms with Gasteiger partial charge in [-0.25, -0.2) is 18.0 Å². The maximum atomic E-state index is 14.7. The molecule has 2 heterocycles. The normalized spacial score (nSPS) is 18.4. The van der Waals surface area contributed by atoms with Crippen LogP contribution in [0.25, 0.3) is 0 Å². The third kappa shape index (κ3) is 24.8. The zero-order valence-electron chi connectivity index (χ0n) is 63.7. The molecule has 13 atom stereocenters. The van der Waals surface area contributed by atoms with E-state index in [0.29, 0.717) is 50.0 Å². The molecule has 7 N–H and O–H groups in total. The van der Waals surface area contributed by atoms with Crippen molar-refractivity contribution in [1.82, 2.24) is 40.9 Å². The smallest absolute Gasteiger partial charge is 0.314 e. The highest BCUT2D eigenvalue weighted by Gasteiger charge is 2.44. The summed E-state index contributed by atoms with van der Waals surface area (Å²) in [5.74, 6) is -21.1. The Bertz CT molecular complexity index is 3390. The summed E-state index contributed by atoms with van der Waals surface area (Å²) >= 11 is 0. The van der Waals surface area contributed by atoms with Crippen LogP contribution in [0.4, 0.5) is 32.4 Å². The molecular formula is C77H113F5N10O13. The van der Waals surface area contributed by atoms with Crippen LogP contribution < -0.4 is 37.1 Å². The van der Waals surface area contributed by atoms with Crippen LogP contribution in [-0.2, 0) is 65.6 Å². The van der Waals surface area contributed by atoms with Crippen molar-refractivity contribution in [3.8, 4) is 5.75 Å². The molecule has 0 saturated carbocycles. The van der Waals surface area contributed by atoms with E-state index in [-0.39, 0.29) is 131 Å². The number of likely N-dealkylation sites (tertiary alicyclic amines) is 2. The number of methoxy groups -OCH3 is 2. The molecule has 5 rings (SSSR count). The van der Waals surface area contributed by atoms with Crippen LogP contribution in [0.3, 0.4) is 0 Å². The van der Waals surface area contributed by atoms with Crippen LogP contribution in [0, 0.1) is 76.4 Å². The second-order valence-electron chi connectivity index (χ2n) is 29.6. The third-order valence-electron chi connectivity index (χ3n) is 20.6. The predicted molar refractivity (Wildman–Crippen MR) is 387 cm³/mol. The Hall–Kier alpha value is -7.95. The lowest BCUT2D eigenvalue weighted by atomic mass is 9.85. The number of benzene rings is 3. The Kier molecular flexibility index (Phi) is 34.9. The van der Waals surface area contributed by atoms with Crippen LogP contribution in [0.5, 0.6) is 5.75 Å². The third-order valence-corrected chi connectivity index (χ3v) is 20.6. The van der Waals surface area contributed by atoms with Gasteiger partial charge in [0.05, 0.1) is 48.7 Å². The van der Waals surface area contributed by atoms with Gasteiger partial charge in [-0.1, -0.05) is 111 Å². The molecular weight excluding hydrogens is 1370 g/mol. The number of amides is 8. The van der Waals surface area contributed by atoms with Gasteiger partial charge in [0, 0.05) is 89.6 Å². The molecule has 2 fully saturated rings. The van der Waals surface area contributed by atoms with Gasteiger partial charge < -0.3 is 61.2 Å². The summed E-state index contributed by atoms with van der Waals surface area (Å²) in [4.78, 5) is 145. The molecule has 0 spiro atoms. The number of nitrogens with one attached hydrogen (secondary N) is 5. The van der Waals surface area contributed by atoms with Crippen molar-refractivity contribution in [3.05, 3.63) is 94.8 Å². The number of nitrogens with zero attached hydrogens (tertiary/aromatic N) is 4. The molecule has 8 amide bonds. The van der Waals surface area contributed by atoms with Gasteiger partial charge in [0.15, 0.2) is 5.78 Å². The highest BCUT2D eigenvalue weighted by Crippen LogP contribution is 2.34. The first-order valence-corrected chi connectivity index (χ1v) is 36.7. The van der Waals surface area contributed by atoms with Crippen LogP contribution in [0.15, 0.2) is 54.6 Å². The maximum Gasteiger partial charge on any atom is 0.314 e. The maximum absolute atomic E-state index is 14.7. The molecule has 0 aromatic heterocycles. The van der Waals surface area contributed by atoms with Gasteiger partial charge in [-0.05, 0) is 132 Å². The Morgan fingerprint density at radius 3 is 1.85 bits per heavy atom. The fourth-order valence-corrected chi connectivity index (χ4v) is 14.5. The molecule has 0 aliphatic carbocycles. The highest BCUT2D eigenvalue weighted by atomic mass is 19.2. The molecule has 28 heteroatoms. The monoisotopic (exact) mass is 1480 g/mol. The van der Waals surface area contributed by atoms with E-state index in [1.807, 2.05) is 95.8 Å². The fraction of sp³-hybridized carbons (Fsp3) is 0.636. The van der Waals surface area contributed by atoms with Gasteiger partial charge >= 0.3 is 12.0 Å². The first-order valence-electron chi connectivity index (χ1n) is 36.7. The number of rotatable bonds is 41. The van der Waals surface area contributed by atoms with Crippen LogP contribution in [0.1, 0.15) is 157 Å². The Morgan fingerprint density at radius 2 is 1.29 bits per heavy atom. The van der Waals surface area contributed by atoms with Crippen LogP contribution >= 0.6 is 0 Å². The SMILES string of the molecule is CC[C@H](C)[C@@H]([C@@H](CC(=O)N1CCC[C@H]1[C@H](OC)[C@@H](C)C(=O)C[C@@H](Cc1ccccc1)C(=O)NCc1ccc(NC(=O)[C@H](CCCNC(N)=O)CC(=O)[C@@H](NC(=O)CCCN2CCC(C(=O)Oc3c(F)c(F)c(F)c(F)c3F)CC2C)C(C)C)cc1)OC)N(C)C(=O)[C@@H](NC(=O)[C@H](C(C)C)N(C)C)C(C)C. The number of nitrogens with two attached hydrogens (primary N) is 1. The lowest BCUT2D eigenvalue weighted by Gasteiger charge is -2.41. The van der Waals surface area contributed by atoms with Crippen LogP contribution in [-0.4, -0.2) is 189 Å².